The summed E-state index contributed by atoms with van der Waals surface area (Å²) < 4.78 is 32.3. The van der Waals surface area contributed by atoms with Gasteiger partial charge in [0.2, 0.25) is 11.7 Å². The fraction of sp³-hybridized carbons (Fsp3) is 0.0714. The molecule has 0 amide bonds. The molecule has 0 saturated heterocycles. The van der Waals surface area contributed by atoms with Crippen LogP contribution in [-0.2, 0) is 0 Å². The molecule has 7 nitrogen and oxygen atoms in total. The second-order valence-corrected chi connectivity index (χ2v) is 6.19. The Hall–Kier alpha value is -2.59. The first-order chi connectivity index (χ1) is 12.1. The van der Waals surface area contributed by atoms with E-state index in [1.54, 1.807) is 30.3 Å². The number of hydrogen-bond acceptors (Lipinski definition) is 7. The van der Waals surface area contributed by atoms with Gasteiger partial charge in [-0.2, -0.15) is 9.61 Å². The van der Waals surface area contributed by atoms with Gasteiger partial charge >= 0.3 is 0 Å². The highest BCUT2D eigenvalue weighted by atomic mass is 35.5. The first-order valence-electron chi connectivity index (χ1n) is 6.88. The van der Waals surface area contributed by atoms with Gasteiger partial charge < -0.3 is 4.42 Å². The summed E-state index contributed by atoms with van der Waals surface area (Å²) in [5, 5.41) is 20.2. The van der Waals surface area contributed by atoms with Crippen molar-refractivity contribution in [3.8, 4) is 11.5 Å². The van der Waals surface area contributed by atoms with Crippen molar-refractivity contribution in [1.82, 2.24) is 30.0 Å². The van der Waals surface area contributed by atoms with Gasteiger partial charge in [0.15, 0.2) is 5.65 Å². The molecule has 0 N–H and O–H groups in total. The number of aromatic nitrogens is 6. The Bertz CT molecular complexity index is 1040. The van der Waals surface area contributed by atoms with Crippen molar-refractivity contribution in [2.24, 2.45) is 0 Å². The van der Waals surface area contributed by atoms with Crippen LogP contribution in [-0.4, -0.2) is 30.0 Å². The Morgan fingerprint density at radius 2 is 1.80 bits per heavy atom. The van der Waals surface area contributed by atoms with Crippen LogP contribution in [0.3, 0.4) is 0 Å². The lowest BCUT2D eigenvalue weighted by molar-refractivity contribution is 0.137. The molecule has 0 atom stereocenters. The average molecular weight is 381 g/mol. The number of nitrogens with zero attached hydrogens (tertiary/aromatic N) is 6. The van der Waals surface area contributed by atoms with E-state index in [1.165, 1.54) is 6.07 Å². The summed E-state index contributed by atoms with van der Waals surface area (Å²) in [4.78, 5) is 0. The normalized spacial score (nSPS) is 11.5. The second kappa shape index (κ2) is 6.37. The second-order valence-electron chi connectivity index (χ2n) is 4.78. The first kappa shape index (κ1) is 15.9. The van der Waals surface area contributed by atoms with Gasteiger partial charge in [0.05, 0.1) is 0 Å². The molecule has 0 aliphatic heterocycles. The van der Waals surface area contributed by atoms with Gasteiger partial charge in [0, 0.05) is 10.6 Å². The van der Waals surface area contributed by atoms with Crippen molar-refractivity contribution >= 4 is 29.0 Å². The fourth-order valence-corrected chi connectivity index (χ4v) is 2.79. The Morgan fingerprint density at radius 3 is 2.56 bits per heavy atom. The first-order valence-corrected chi connectivity index (χ1v) is 8.07. The van der Waals surface area contributed by atoms with Crippen LogP contribution in [0, 0.1) is 0 Å². The van der Waals surface area contributed by atoms with Crippen LogP contribution in [0.1, 0.15) is 12.2 Å². The molecule has 0 saturated carbocycles. The third kappa shape index (κ3) is 3.17. The van der Waals surface area contributed by atoms with E-state index in [9.17, 15) is 8.78 Å². The summed E-state index contributed by atoms with van der Waals surface area (Å²) in [5.41, 5.74) is 0.943. The van der Waals surface area contributed by atoms with Crippen molar-refractivity contribution in [1.29, 1.82) is 0 Å². The zero-order valence-corrected chi connectivity index (χ0v) is 13.7. The number of alkyl halides is 2. The fourth-order valence-electron chi connectivity index (χ4n) is 2.03. The van der Waals surface area contributed by atoms with Gasteiger partial charge in [0.1, 0.15) is 5.03 Å². The van der Waals surface area contributed by atoms with E-state index in [1.807, 2.05) is 0 Å². The molecule has 0 aliphatic carbocycles. The Morgan fingerprint density at radius 1 is 1.00 bits per heavy atom. The van der Waals surface area contributed by atoms with Gasteiger partial charge in [-0.05, 0) is 48.2 Å². The summed E-state index contributed by atoms with van der Waals surface area (Å²) in [7, 11) is 0. The van der Waals surface area contributed by atoms with Crippen molar-refractivity contribution in [2.45, 2.75) is 16.7 Å². The number of benzene rings is 1. The van der Waals surface area contributed by atoms with Crippen LogP contribution in [0.15, 0.2) is 51.1 Å². The van der Waals surface area contributed by atoms with Crippen LogP contribution in [0.25, 0.3) is 17.1 Å². The Kier molecular flexibility index (Phi) is 4.06. The highest BCUT2D eigenvalue weighted by molar-refractivity contribution is 7.99. The predicted molar refractivity (Wildman–Crippen MR) is 84.6 cm³/mol. The van der Waals surface area contributed by atoms with Crippen LogP contribution < -0.4 is 0 Å². The van der Waals surface area contributed by atoms with E-state index in [0.717, 1.165) is 16.3 Å². The molecule has 0 radical (unpaired) electrons. The lowest BCUT2D eigenvalue weighted by Crippen LogP contribution is -2.00. The highest BCUT2D eigenvalue weighted by Gasteiger charge is 2.18. The Balaban J connectivity index is 1.61. The average Bonchev–Trinajstić information content (AvgIpc) is 3.22. The molecule has 126 valence electrons. The van der Waals surface area contributed by atoms with E-state index >= 15 is 0 Å². The van der Waals surface area contributed by atoms with E-state index in [4.69, 9.17) is 16.0 Å². The largest absolute Gasteiger partial charge is 0.411 e. The highest BCUT2D eigenvalue weighted by Crippen LogP contribution is 2.29. The maximum absolute atomic E-state index is 12.9. The quantitative estimate of drug-likeness (QED) is 0.530. The third-order valence-electron chi connectivity index (χ3n) is 3.15. The van der Waals surface area contributed by atoms with Crippen LogP contribution in [0.5, 0.6) is 0 Å². The minimum absolute atomic E-state index is 0.225. The SMILES string of the molecule is FC(F)c1nnc2ccc(Sc3nnc(-c4ccc(Cl)cc4)o3)nn12. The summed E-state index contributed by atoms with van der Waals surface area (Å²) in [5.74, 6) is -0.206. The molecule has 0 bridgehead atoms. The zero-order valence-electron chi connectivity index (χ0n) is 12.2. The summed E-state index contributed by atoms with van der Waals surface area (Å²) in [6.45, 7) is 0. The van der Waals surface area contributed by atoms with Crippen molar-refractivity contribution in [3.63, 3.8) is 0 Å². The van der Waals surface area contributed by atoms with Crippen molar-refractivity contribution < 1.29 is 13.2 Å². The summed E-state index contributed by atoms with van der Waals surface area (Å²) in [6, 6.07) is 10.1. The van der Waals surface area contributed by atoms with E-state index in [-0.39, 0.29) is 10.9 Å². The Labute approximate surface area is 148 Å². The molecule has 3 aromatic heterocycles. The number of hydrogen-bond donors (Lipinski definition) is 0. The van der Waals surface area contributed by atoms with Crippen LogP contribution >= 0.6 is 23.4 Å². The number of fused-ring (bicyclic) bond motifs is 1. The van der Waals surface area contributed by atoms with Crippen LogP contribution in [0.4, 0.5) is 8.78 Å². The minimum Gasteiger partial charge on any atom is -0.411 e. The van der Waals surface area contributed by atoms with E-state index in [2.05, 4.69) is 25.5 Å². The standard InChI is InChI=1S/C14H7ClF2N6OS/c15-8-3-1-7(2-4-8)13-20-21-14(24-13)25-10-6-5-9-18-19-12(11(16)17)23(9)22-10/h1-6,11H. The van der Waals surface area contributed by atoms with Gasteiger partial charge in [-0.15, -0.1) is 20.4 Å². The molecule has 0 spiro atoms. The van der Waals surface area contributed by atoms with Gasteiger partial charge in [-0.3, -0.25) is 0 Å². The molecular formula is C14H7ClF2N6OS. The molecule has 0 fully saturated rings. The maximum Gasteiger partial charge on any atom is 0.299 e. The molecule has 4 rings (SSSR count). The molecule has 1 aromatic carbocycles. The van der Waals surface area contributed by atoms with E-state index in [0.29, 0.717) is 21.5 Å². The molecule has 11 heteroatoms. The molecule has 4 aromatic rings. The monoisotopic (exact) mass is 380 g/mol. The molecule has 0 aliphatic rings. The van der Waals surface area contributed by atoms with Crippen molar-refractivity contribution in [3.05, 3.63) is 47.2 Å². The minimum atomic E-state index is -2.78. The van der Waals surface area contributed by atoms with Gasteiger partial charge in [-0.25, -0.2) is 8.78 Å². The third-order valence-corrected chi connectivity index (χ3v) is 4.17. The lowest BCUT2D eigenvalue weighted by atomic mass is 10.2. The van der Waals surface area contributed by atoms with Gasteiger partial charge in [0.25, 0.3) is 11.6 Å². The van der Waals surface area contributed by atoms with E-state index < -0.39 is 12.2 Å². The topological polar surface area (TPSA) is 82.0 Å². The zero-order chi connectivity index (χ0) is 17.4. The smallest absolute Gasteiger partial charge is 0.299 e. The summed E-state index contributed by atoms with van der Waals surface area (Å²) in [6.07, 6.45) is -2.78. The number of rotatable bonds is 4. The predicted octanol–water partition coefficient (Wildman–Crippen LogP) is 3.92. The summed E-state index contributed by atoms with van der Waals surface area (Å²) >= 11 is 6.89. The molecule has 3 heterocycles. The maximum atomic E-state index is 12.9. The number of halogens is 3. The molecule has 25 heavy (non-hydrogen) atoms. The molecular weight excluding hydrogens is 374 g/mol. The lowest BCUT2D eigenvalue weighted by Gasteiger charge is -1.99. The van der Waals surface area contributed by atoms with Crippen molar-refractivity contribution in [2.75, 3.05) is 0 Å². The molecule has 0 unspecified atom stereocenters. The van der Waals surface area contributed by atoms with Crippen LogP contribution in [0.2, 0.25) is 5.02 Å². The van der Waals surface area contributed by atoms with Gasteiger partial charge in [-0.1, -0.05) is 11.6 Å².